The van der Waals surface area contributed by atoms with Gasteiger partial charge in [-0.2, -0.15) is 5.10 Å². The Morgan fingerprint density at radius 1 is 1.23 bits per heavy atom. The predicted molar refractivity (Wildman–Crippen MR) is 85.5 cm³/mol. The molecule has 2 heterocycles. The van der Waals surface area contributed by atoms with E-state index in [0.717, 1.165) is 28.4 Å². The van der Waals surface area contributed by atoms with Crippen molar-refractivity contribution >= 4 is 16.3 Å². The van der Waals surface area contributed by atoms with E-state index in [1.165, 1.54) is 12.1 Å². The molecule has 1 N–H and O–H groups in total. The third-order valence-electron chi connectivity index (χ3n) is 3.91. The summed E-state index contributed by atoms with van der Waals surface area (Å²) in [5, 5.41) is 15.4. The van der Waals surface area contributed by atoms with Crippen LogP contribution in [0, 0.1) is 5.82 Å². The first-order valence-corrected chi connectivity index (χ1v) is 8.24. The number of fused-ring (bicyclic) bond motifs is 1. The van der Waals surface area contributed by atoms with E-state index in [0.29, 0.717) is 17.3 Å². The monoisotopic (exact) mass is 319 g/mol. The summed E-state index contributed by atoms with van der Waals surface area (Å²) in [6.07, 6.45) is 2.07. The predicted octanol–water partition coefficient (Wildman–Crippen LogP) is 3.99. The Hall–Kier alpha value is -1.79. The van der Waals surface area contributed by atoms with E-state index in [2.05, 4.69) is 23.9 Å². The molecule has 4 nitrogen and oxygen atoms in total. The fourth-order valence-electron chi connectivity index (χ4n) is 2.59. The van der Waals surface area contributed by atoms with Gasteiger partial charge in [0.15, 0.2) is 0 Å². The molecule has 3 aromatic rings. The van der Waals surface area contributed by atoms with Crippen LogP contribution in [0.25, 0.3) is 16.2 Å². The van der Waals surface area contributed by atoms with E-state index in [9.17, 15) is 9.50 Å². The van der Waals surface area contributed by atoms with E-state index < -0.39 is 0 Å². The van der Waals surface area contributed by atoms with Gasteiger partial charge in [-0.15, -0.1) is 0 Å². The van der Waals surface area contributed by atoms with Gasteiger partial charge in [-0.1, -0.05) is 25.2 Å². The molecule has 22 heavy (non-hydrogen) atoms. The summed E-state index contributed by atoms with van der Waals surface area (Å²) in [7, 11) is 0. The second-order valence-corrected chi connectivity index (χ2v) is 6.21. The highest BCUT2D eigenvalue weighted by Crippen LogP contribution is 2.31. The zero-order valence-electron chi connectivity index (χ0n) is 12.6. The quantitative estimate of drug-likeness (QED) is 0.773. The van der Waals surface area contributed by atoms with Crippen molar-refractivity contribution in [3.05, 3.63) is 40.8 Å². The molecule has 0 amide bonds. The third kappa shape index (κ3) is 2.53. The second-order valence-electron chi connectivity index (χ2n) is 5.22. The van der Waals surface area contributed by atoms with Gasteiger partial charge in [-0.25, -0.2) is 13.9 Å². The number of aromatic nitrogens is 3. The molecular formula is C16H18FN3OS. The number of hydrogen-bond donors (Lipinski definition) is 1. The lowest BCUT2D eigenvalue weighted by Gasteiger charge is -2.06. The minimum absolute atomic E-state index is 0.153. The summed E-state index contributed by atoms with van der Waals surface area (Å²) >= 11 is 1.56. The van der Waals surface area contributed by atoms with Crippen molar-refractivity contribution < 1.29 is 9.50 Å². The Morgan fingerprint density at radius 3 is 2.50 bits per heavy atom. The van der Waals surface area contributed by atoms with Gasteiger partial charge < -0.3 is 5.11 Å². The Kier molecular flexibility index (Phi) is 4.22. The molecule has 0 saturated heterocycles. The van der Waals surface area contributed by atoms with E-state index in [4.69, 9.17) is 0 Å². The van der Waals surface area contributed by atoms with E-state index >= 15 is 0 Å². The summed E-state index contributed by atoms with van der Waals surface area (Å²) < 4.78 is 14.8. The molecular weight excluding hydrogens is 301 g/mol. The molecule has 3 rings (SSSR count). The van der Waals surface area contributed by atoms with Crippen LogP contribution in [-0.4, -0.2) is 19.7 Å². The Morgan fingerprint density at radius 2 is 1.91 bits per heavy atom. The van der Waals surface area contributed by atoms with Crippen LogP contribution in [0.1, 0.15) is 43.3 Å². The SMILES string of the molecule is CCC(CC)c1nn2c(CO)c(-c3ccc(F)cc3)nc2s1. The maximum atomic E-state index is 13.1. The van der Waals surface area contributed by atoms with Crippen molar-refractivity contribution in [1.82, 2.24) is 14.6 Å². The van der Waals surface area contributed by atoms with Crippen molar-refractivity contribution in [2.75, 3.05) is 0 Å². The Balaban J connectivity index is 2.09. The molecule has 0 radical (unpaired) electrons. The summed E-state index contributed by atoms with van der Waals surface area (Å²) in [6, 6.07) is 6.13. The van der Waals surface area contributed by atoms with Gasteiger partial charge in [-0.3, -0.25) is 0 Å². The van der Waals surface area contributed by atoms with Crippen LogP contribution in [0.5, 0.6) is 0 Å². The van der Waals surface area contributed by atoms with Gasteiger partial charge >= 0.3 is 0 Å². The lowest BCUT2D eigenvalue weighted by Crippen LogP contribution is -1.99. The largest absolute Gasteiger partial charge is 0.390 e. The molecule has 0 saturated carbocycles. The fourth-order valence-corrected chi connectivity index (χ4v) is 3.77. The van der Waals surface area contributed by atoms with Gasteiger partial charge in [0.2, 0.25) is 4.96 Å². The van der Waals surface area contributed by atoms with Crippen LogP contribution < -0.4 is 0 Å². The minimum Gasteiger partial charge on any atom is -0.390 e. The molecule has 116 valence electrons. The molecule has 0 aliphatic carbocycles. The van der Waals surface area contributed by atoms with Crippen molar-refractivity contribution in [2.24, 2.45) is 0 Å². The lowest BCUT2D eigenvalue weighted by atomic mass is 10.1. The van der Waals surface area contributed by atoms with Gasteiger partial charge in [0.05, 0.1) is 18.0 Å². The molecule has 6 heteroatoms. The Labute approximate surface area is 132 Å². The van der Waals surface area contributed by atoms with E-state index in [1.54, 1.807) is 28.0 Å². The van der Waals surface area contributed by atoms with Crippen LogP contribution in [0.2, 0.25) is 0 Å². The third-order valence-corrected chi connectivity index (χ3v) is 4.99. The van der Waals surface area contributed by atoms with Gasteiger partial charge in [-0.05, 0) is 37.1 Å². The van der Waals surface area contributed by atoms with Crippen LogP contribution in [0.3, 0.4) is 0 Å². The molecule has 0 bridgehead atoms. The first kappa shape index (κ1) is 15.1. The number of imidazole rings is 1. The van der Waals surface area contributed by atoms with Gasteiger partial charge in [0.25, 0.3) is 0 Å². The normalized spacial score (nSPS) is 11.7. The first-order valence-electron chi connectivity index (χ1n) is 7.43. The molecule has 0 aliphatic heterocycles. The number of nitrogens with zero attached hydrogens (tertiary/aromatic N) is 3. The number of hydrogen-bond acceptors (Lipinski definition) is 4. The average molecular weight is 319 g/mol. The molecule has 0 atom stereocenters. The zero-order chi connectivity index (χ0) is 15.7. The van der Waals surface area contributed by atoms with Gasteiger partial charge in [0, 0.05) is 11.5 Å². The van der Waals surface area contributed by atoms with Crippen LogP contribution in [0.15, 0.2) is 24.3 Å². The average Bonchev–Trinajstić information content (AvgIpc) is 3.06. The van der Waals surface area contributed by atoms with E-state index in [-0.39, 0.29) is 12.4 Å². The summed E-state index contributed by atoms with van der Waals surface area (Å²) in [5.74, 6) is 0.136. The molecule has 0 fully saturated rings. The van der Waals surface area contributed by atoms with Gasteiger partial charge in [0.1, 0.15) is 10.8 Å². The fraction of sp³-hybridized carbons (Fsp3) is 0.375. The molecule has 1 aromatic carbocycles. The number of benzene rings is 1. The maximum absolute atomic E-state index is 13.1. The minimum atomic E-state index is -0.288. The molecule has 0 aliphatic rings. The Bertz CT molecular complexity index is 775. The van der Waals surface area contributed by atoms with Crippen molar-refractivity contribution in [2.45, 2.75) is 39.2 Å². The highest BCUT2D eigenvalue weighted by atomic mass is 32.1. The number of halogens is 1. The topological polar surface area (TPSA) is 50.4 Å². The molecule has 2 aromatic heterocycles. The van der Waals surface area contributed by atoms with Crippen molar-refractivity contribution in [3.8, 4) is 11.3 Å². The summed E-state index contributed by atoms with van der Waals surface area (Å²) in [4.78, 5) is 5.36. The smallest absolute Gasteiger partial charge is 0.213 e. The second kappa shape index (κ2) is 6.14. The van der Waals surface area contributed by atoms with Crippen molar-refractivity contribution in [3.63, 3.8) is 0 Å². The summed E-state index contributed by atoms with van der Waals surface area (Å²) in [5.41, 5.74) is 2.10. The van der Waals surface area contributed by atoms with E-state index in [1.807, 2.05) is 0 Å². The number of aliphatic hydroxyl groups excluding tert-OH is 1. The molecule has 0 unspecified atom stereocenters. The first-order chi connectivity index (χ1) is 10.7. The zero-order valence-corrected chi connectivity index (χ0v) is 13.4. The highest BCUT2D eigenvalue weighted by Gasteiger charge is 2.20. The maximum Gasteiger partial charge on any atom is 0.213 e. The highest BCUT2D eigenvalue weighted by molar-refractivity contribution is 7.16. The lowest BCUT2D eigenvalue weighted by molar-refractivity contribution is 0.275. The molecule has 0 spiro atoms. The number of aliphatic hydroxyl groups is 1. The van der Waals surface area contributed by atoms with Crippen LogP contribution in [0.4, 0.5) is 4.39 Å². The summed E-state index contributed by atoms with van der Waals surface area (Å²) in [6.45, 7) is 4.14. The van der Waals surface area contributed by atoms with Crippen LogP contribution in [-0.2, 0) is 6.61 Å². The standard InChI is InChI=1S/C16H18FN3OS/c1-3-10(4-2)15-19-20-13(9-21)14(18-16(20)22-15)11-5-7-12(17)8-6-11/h5-8,10,21H,3-4,9H2,1-2H3. The van der Waals surface area contributed by atoms with Crippen molar-refractivity contribution in [1.29, 1.82) is 0 Å². The van der Waals surface area contributed by atoms with Crippen LogP contribution >= 0.6 is 11.3 Å². The number of rotatable bonds is 5.